The van der Waals surface area contributed by atoms with Crippen molar-refractivity contribution in [1.29, 1.82) is 0 Å². The van der Waals surface area contributed by atoms with Gasteiger partial charge < -0.3 is 20.4 Å². The van der Waals surface area contributed by atoms with Gasteiger partial charge in [-0.25, -0.2) is 0 Å². The van der Waals surface area contributed by atoms with Crippen LogP contribution >= 0.6 is 0 Å². The minimum Gasteiger partial charge on any atom is -0.481 e. The Balaban J connectivity index is 2.12. The van der Waals surface area contributed by atoms with Crippen molar-refractivity contribution in [3.63, 3.8) is 0 Å². The molecule has 1 aliphatic rings. The second kappa shape index (κ2) is 11.0. The highest BCUT2D eigenvalue weighted by atomic mass is 16.4. The van der Waals surface area contributed by atoms with E-state index in [9.17, 15) is 39.6 Å². The minimum atomic E-state index is -1.68. The first-order chi connectivity index (χ1) is 16.2. The minimum absolute atomic E-state index is 0.218. The van der Waals surface area contributed by atoms with Crippen LogP contribution in [-0.2, 0) is 19.2 Å². The highest BCUT2D eigenvalue weighted by Crippen LogP contribution is 2.52. The molecule has 180 valence electrons. The third kappa shape index (κ3) is 5.62. The number of carbonyl (C=O) groups is 4. The van der Waals surface area contributed by atoms with Gasteiger partial charge >= 0.3 is 23.9 Å². The lowest BCUT2D eigenvalue weighted by Crippen LogP contribution is -2.39. The summed E-state index contributed by atoms with van der Waals surface area (Å²) in [6.45, 7) is 0. The molecule has 3 rings (SSSR count). The summed E-state index contributed by atoms with van der Waals surface area (Å²) < 4.78 is 0. The lowest BCUT2D eigenvalue weighted by Gasteiger charge is -2.45. The summed E-state index contributed by atoms with van der Waals surface area (Å²) in [4.78, 5) is 47.1. The molecule has 0 aliphatic heterocycles. The van der Waals surface area contributed by atoms with Crippen molar-refractivity contribution in [2.75, 3.05) is 0 Å². The molecule has 0 aromatic heterocycles. The lowest BCUT2D eigenvalue weighted by molar-refractivity contribution is -0.159. The van der Waals surface area contributed by atoms with Gasteiger partial charge in [-0.15, -0.1) is 0 Å². The molecule has 0 saturated heterocycles. The van der Waals surface area contributed by atoms with E-state index in [1.807, 2.05) is 60.7 Å². The summed E-state index contributed by atoms with van der Waals surface area (Å²) in [6, 6.07) is 18.6. The highest BCUT2D eigenvalue weighted by molar-refractivity contribution is 5.93. The predicted octanol–water partition coefficient (Wildman–Crippen LogP) is 3.93. The summed E-state index contributed by atoms with van der Waals surface area (Å²) in [5.74, 6) is -10.8. The van der Waals surface area contributed by atoms with E-state index >= 15 is 0 Å². The molecule has 0 amide bonds. The molecule has 4 N–H and O–H groups in total. The second-order valence-electron chi connectivity index (χ2n) is 8.87. The maximum Gasteiger partial charge on any atom is 0.317 e. The quantitative estimate of drug-likeness (QED) is 0.383. The van der Waals surface area contributed by atoms with Gasteiger partial charge in [0.1, 0.15) is 0 Å². The zero-order valence-corrected chi connectivity index (χ0v) is 18.5. The summed E-state index contributed by atoms with van der Waals surface area (Å²) in [5.41, 5.74) is 1.81. The molecule has 4 unspecified atom stereocenters. The molecular formula is C26H28O8. The van der Waals surface area contributed by atoms with Crippen LogP contribution in [0.1, 0.15) is 48.6 Å². The second-order valence-corrected chi connectivity index (χ2v) is 8.87. The van der Waals surface area contributed by atoms with Crippen molar-refractivity contribution in [3.8, 4) is 0 Å². The Kier molecular flexibility index (Phi) is 8.04. The number of hydrogen-bond acceptors (Lipinski definition) is 4. The molecule has 2 aromatic rings. The van der Waals surface area contributed by atoms with Gasteiger partial charge in [-0.3, -0.25) is 19.2 Å². The zero-order valence-electron chi connectivity index (χ0n) is 18.5. The Hall–Kier alpha value is -3.68. The largest absolute Gasteiger partial charge is 0.481 e. The molecule has 4 atom stereocenters. The van der Waals surface area contributed by atoms with Crippen LogP contribution < -0.4 is 0 Å². The third-order valence-electron chi connectivity index (χ3n) is 7.04. The fourth-order valence-electron chi connectivity index (χ4n) is 5.45. The van der Waals surface area contributed by atoms with Gasteiger partial charge in [0.05, 0.1) is 0 Å². The number of rotatable bonds is 10. The maximum atomic E-state index is 11.8. The van der Waals surface area contributed by atoms with Gasteiger partial charge in [0.2, 0.25) is 0 Å². The van der Waals surface area contributed by atoms with Gasteiger partial charge in [0.15, 0.2) is 11.8 Å². The number of carboxylic acids is 4. The first-order valence-electron chi connectivity index (χ1n) is 11.2. The monoisotopic (exact) mass is 468 g/mol. The van der Waals surface area contributed by atoms with Crippen molar-refractivity contribution in [1.82, 2.24) is 0 Å². The Bertz CT molecular complexity index is 908. The van der Waals surface area contributed by atoms with Crippen molar-refractivity contribution in [2.24, 2.45) is 23.7 Å². The number of benzene rings is 2. The number of aliphatic carboxylic acids is 4. The molecule has 34 heavy (non-hydrogen) atoms. The number of hydrogen-bond donors (Lipinski definition) is 4. The Morgan fingerprint density at radius 1 is 0.588 bits per heavy atom. The van der Waals surface area contributed by atoms with E-state index in [1.165, 1.54) is 0 Å². The SMILES string of the molecule is O=C(O)C(CC1C(c2ccccc2)CCC(c2ccccc2)C1CC(C(=O)O)C(=O)O)C(=O)O. The van der Waals surface area contributed by atoms with E-state index in [1.54, 1.807) is 0 Å². The van der Waals surface area contributed by atoms with Gasteiger partial charge in [0, 0.05) is 0 Å². The van der Waals surface area contributed by atoms with Crippen LogP contribution in [0.25, 0.3) is 0 Å². The maximum absolute atomic E-state index is 11.8. The summed E-state index contributed by atoms with van der Waals surface area (Å²) >= 11 is 0. The summed E-state index contributed by atoms with van der Waals surface area (Å²) in [5, 5.41) is 38.4. The van der Waals surface area contributed by atoms with Crippen molar-refractivity contribution >= 4 is 23.9 Å². The van der Waals surface area contributed by atoms with Gasteiger partial charge in [-0.1, -0.05) is 60.7 Å². The fraction of sp³-hybridized carbons (Fsp3) is 0.385. The highest BCUT2D eigenvalue weighted by Gasteiger charge is 2.46. The predicted molar refractivity (Wildman–Crippen MR) is 121 cm³/mol. The van der Waals surface area contributed by atoms with E-state index in [0.29, 0.717) is 12.8 Å². The Morgan fingerprint density at radius 2 is 0.882 bits per heavy atom. The van der Waals surface area contributed by atoms with Gasteiger partial charge in [-0.2, -0.15) is 0 Å². The molecule has 2 aromatic carbocycles. The standard InChI is InChI=1S/C26H28O8/c27-23(28)21(24(29)30)13-19-17(15-7-3-1-4-8-15)11-12-18(16-9-5-2-6-10-16)20(19)14-22(25(31)32)26(33)34/h1-10,17-22H,11-14H2,(H,27,28)(H,29,30)(H,31,32)(H,33,34). The van der Waals surface area contributed by atoms with Crippen LogP contribution in [0.4, 0.5) is 0 Å². The van der Waals surface area contributed by atoms with E-state index in [0.717, 1.165) is 11.1 Å². The van der Waals surface area contributed by atoms with Crippen LogP contribution in [0.15, 0.2) is 60.7 Å². The van der Waals surface area contributed by atoms with Crippen LogP contribution in [-0.4, -0.2) is 44.3 Å². The smallest absolute Gasteiger partial charge is 0.317 e. The van der Waals surface area contributed by atoms with Crippen molar-refractivity contribution in [3.05, 3.63) is 71.8 Å². The van der Waals surface area contributed by atoms with Crippen LogP contribution in [0.5, 0.6) is 0 Å². The molecule has 8 nitrogen and oxygen atoms in total. The van der Waals surface area contributed by atoms with Gasteiger partial charge in [-0.05, 0) is 60.5 Å². The first kappa shape index (κ1) is 25.0. The van der Waals surface area contributed by atoms with Crippen LogP contribution in [0, 0.1) is 23.7 Å². The fourth-order valence-corrected chi connectivity index (χ4v) is 5.45. The average Bonchev–Trinajstić information content (AvgIpc) is 2.81. The molecular weight excluding hydrogens is 440 g/mol. The summed E-state index contributed by atoms with van der Waals surface area (Å²) in [6.07, 6.45) is 0.845. The molecule has 0 heterocycles. The third-order valence-corrected chi connectivity index (χ3v) is 7.04. The molecule has 1 aliphatic carbocycles. The molecule has 1 fully saturated rings. The van der Waals surface area contributed by atoms with E-state index in [4.69, 9.17) is 0 Å². The molecule has 1 saturated carbocycles. The molecule has 8 heteroatoms. The zero-order chi connectivity index (χ0) is 24.8. The Morgan fingerprint density at radius 3 is 1.15 bits per heavy atom. The topological polar surface area (TPSA) is 149 Å². The van der Waals surface area contributed by atoms with E-state index in [2.05, 4.69) is 0 Å². The van der Waals surface area contributed by atoms with Crippen LogP contribution in [0.2, 0.25) is 0 Å². The average molecular weight is 469 g/mol. The molecule has 0 spiro atoms. The van der Waals surface area contributed by atoms with E-state index < -0.39 is 47.5 Å². The first-order valence-corrected chi connectivity index (χ1v) is 11.2. The molecule has 0 radical (unpaired) electrons. The van der Waals surface area contributed by atoms with Crippen molar-refractivity contribution < 1.29 is 39.6 Å². The van der Waals surface area contributed by atoms with E-state index in [-0.39, 0.29) is 24.7 Å². The summed E-state index contributed by atoms with van der Waals surface area (Å²) in [7, 11) is 0. The normalized spacial score (nSPS) is 22.4. The molecule has 0 bridgehead atoms. The van der Waals surface area contributed by atoms with Gasteiger partial charge in [0.25, 0.3) is 0 Å². The van der Waals surface area contributed by atoms with Crippen LogP contribution in [0.3, 0.4) is 0 Å². The van der Waals surface area contributed by atoms with Crippen molar-refractivity contribution in [2.45, 2.75) is 37.5 Å². The Labute approximate surface area is 196 Å². The number of carboxylic acid groups (broad SMARTS) is 4. The lowest BCUT2D eigenvalue weighted by atomic mass is 9.59.